The third kappa shape index (κ3) is 5.95. The highest BCUT2D eigenvalue weighted by Crippen LogP contribution is 2.31. The molecular weight excluding hydrogens is 498 g/mol. The largest absolute Gasteiger partial charge is 0.493 e. The molecule has 202 valence electrons. The van der Waals surface area contributed by atoms with E-state index in [0.717, 1.165) is 67.1 Å². The Morgan fingerprint density at radius 3 is 2.35 bits per heavy atom. The SMILES string of the molecule is O=C(O)Cc1ccc2oc(CCN(Cc3cccc4c3CCO4)CC(c3ccccc3)c3ccccc3)cc2c1. The number of carboxylic acids is 1. The third-order valence-corrected chi connectivity index (χ3v) is 7.74. The smallest absolute Gasteiger partial charge is 0.307 e. The van der Waals surface area contributed by atoms with Crippen LogP contribution in [0.4, 0.5) is 0 Å². The molecule has 5 aromatic rings. The van der Waals surface area contributed by atoms with E-state index in [-0.39, 0.29) is 12.3 Å². The molecule has 1 aliphatic rings. The molecule has 0 unspecified atom stereocenters. The molecule has 0 bridgehead atoms. The summed E-state index contributed by atoms with van der Waals surface area (Å²) >= 11 is 0. The minimum absolute atomic E-state index is 0.00963. The second-order valence-corrected chi connectivity index (χ2v) is 10.5. The molecule has 0 spiro atoms. The summed E-state index contributed by atoms with van der Waals surface area (Å²) in [6, 6.07) is 35.6. The van der Waals surface area contributed by atoms with Gasteiger partial charge < -0.3 is 14.3 Å². The lowest BCUT2D eigenvalue weighted by atomic mass is 9.90. The van der Waals surface area contributed by atoms with Gasteiger partial charge in [-0.25, -0.2) is 0 Å². The Morgan fingerprint density at radius 2 is 1.62 bits per heavy atom. The van der Waals surface area contributed by atoms with Gasteiger partial charge in [0.25, 0.3) is 0 Å². The number of carbonyl (C=O) groups is 1. The van der Waals surface area contributed by atoms with Crippen molar-refractivity contribution in [1.82, 2.24) is 4.90 Å². The summed E-state index contributed by atoms with van der Waals surface area (Å²) in [7, 11) is 0. The molecule has 6 rings (SSSR count). The zero-order chi connectivity index (χ0) is 27.3. The number of hydrogen-bond acceptors (Lipinski definition) is 4. The highest BCUT2D eigenvalue weighted by Gasteiger charge is 2.22. The molecular formula is C35H33NO4. The minimum Gasteiger partial charge on any atom is -0.493 e. The number of benzene rings is 4. The van der Waals surface area contributed by atoms with Crippen molar-refractivity contribution in [1.29, 1.82) is 0 Å². The van der Waals surface area contributed by atoms with Crippen molar-refractivity contribution in [3.05, 3.63) is 137 Å². The molecule has 0 saturated carbocycles. The topological polar surface area (TPSA) is 62.9 Å². The first-order chi connectivity index (χ1) is 19.6. The van der Waals surface area contributed by atoms with E-state index in [1.807, 2.05) is 18.2 Å². The van der Waals surface area contributed by atoms with Crippen molar-refractivity contribution in [2.45, 2.75) is 31.7 Å². The van der Waals surface area contributed by atoms with Crippen molar-refractivity contribution >= 4 is 16.9 Å². The first-order valence-corrected chi connectivity index (χ1v) is 13.9. The molecule has 5 nitrogen and oxygen atoms in total. The van der Waals surface area contributed by atoms with E-state index in [9.17, 15) is 4.79 Å². The van der Waals surface area contributed by atoms with Crippen LogP contribution < -0.4 is 4.74 Å². The second kappa shape index (κ2) is 11.8. The van der Waals surface area contributed by atoms with Crippen LogP contribution in [0.3, 0.4) is 0 Å². The lowest BCUT2D eigenvalue weighted by Gasteiger charge is -2.29. The summed E-state index contributed by atoms with van der Waals surface area (Å²) < 4.78 is 12.0. The summed E-state index contributed by atoms with van der Waals surface area (Å²) in [5.74, 6) is 1.31. The van der Waals surface area contributed by atoms with Gasteiger partial charge in [0.1, 0.15) is 17.1 Å². The number of hydrogen-bond donors (Lipinski definition) is 1. The summed E-state index contributed by atoms with van der Waals surface area (Å²) in [4.78, 5) is 13.7. The van der Waals surface area contributed by atoms with E-state index < -0.39 is 5.97 Å². The van der Waals surface area contributed by atoms with E-state index in [1.54, 1.807) is 0 Å². The standard InChI is InChI=1S/C35H33NO4/c37-35(38)21-25-14-15-33-29(20-25)22-30(40-33)16-18-36(23-28-12-7-13-34-31(28)17-19-39-34)24-32(26-8-3-1-4-9-26)27-10-5-2-6-11-27/h1-15,20,22,32H,16-19,21,23-24H2,(H,37,38). The Bertz CT molecular complexity index is 1550. The maximum absolute atomic E-state index is 11.2. The number of carboxylic acid groups (broad SMARTS) is 1. The molecule has 4 aromatic carbocycles. The Kier molecular flexibility index (Phi) is 7.64. The number of fused-ring (bicyclic) bond motifs is 2. The zero-order valence-corrected chi connectivity index (χ0v) is 22.5. The van der Waals surface area contributed by atoms with Gasteiger partial charge in [-0.2, -0.15) is 0 Å². The lowest BCUT2D eigenvalue weighted by molar-refractivity contribution is -0.136. The summed E-state index contributed by atoms with van der Waals surface area (Å²) in [5, 5.41) is 10.1. The van der Waals surface area contributed by atoms with Crippen LogP contribution in [0.2, 0.25) is 0 Å². The van der Waals surface area contributed by atoms with Crippen LogP contribution in [-0.2, 0) is 30.6 Å². The van der Waals surface area contributed by atoms with E-state index in [2.05, 4.69) is 89.8 Å². The molecule has 0 fully saturated rings. The van der Waals surface area contributed by atoms with Gasteiger partial charge in [0.2, 0.25) is 0 Å². The van der Waals surface area contributed by atoms with Gasteiger partial charge in [-0.15, -0.1) is 0 Å². The van der Waals surface area contributed by atoms with E-state index in [1.165, 1.54) is 22.3 Å². The fourth-order valence-corrected chi connectivity index (χ4v) is 5.77. The van der Waals surface area contributed by atoms with E-state index in [4.69, 9.17) is 14.3 Å². The summed E-state index contributed by atoms with van der Waals surface area (Å²) in [5.41, 5.74) is 6.81. The molecule has 0 saturated heterocycles. The van der Waals surface area contributed by atoms with Gasteiger partial charge in [-0.05, 0) is 46.5 Å². The Labute approximate surface area is 234 Å². The lowest BCUT2D eigenvalue weighted by Crippen LogP contribution is -2.31. The maximum Gasteiger partial charge on any atom is 0.307 e. The molecule has 5 heteroatoms. The predicted octanol–water partition coefficient (Wildman–Crippen LogP) is 6.87. The van der Waals surface area contributed by atoms with Crippen LogP contribution in [-0.4, -0.2) is 35.7 Å². The molecule has 0 amide bonds. The van der Waals surface area contributed by atoms with Crippen molar-refractivity contribution in [2.75, 3.05) is 19.7 Å². The van der Waals surface area contributed by atoms with Crippen LogP contribution in [0.15, 0.2) is 108 Å². The summed E-state index contributed by atoms with van der Waals surface area (Å²) in [6.45, 7) is 3.25. The van der Waals surface area contributed by atoms with Gasteiger partial charge in [-0.3, -0.25) is 9.69 Å². The number of ether oxygens (including phenoxy) is 1. The molecule has 0 aliphatic carbocycles. The van der Waals surface area contributed by atoms with Crippen LogP contribution in [0.25, 0.3) is 11.0 Å². The minimum atomic E-state index is -0.831. The van der Waals surface area contributed by atoms with Crippen molar-refractivity contribution < 1.29 is 19.1 Å². The van der Waals surface area contributed by atoms with Gasteiger partial charge in [0.15, 0.2) is 0 Å². The van der Waals surface area contributed by atoms with Gasteiger partial charge in [0, 0.05) is 49.3 Å². The van der Waals surface area contributed by atoms with Crippen LogP contribution in [0.5, 0.6) is 5.75 Å². The van der Waals surface area contributed by atoms with Crippen LogP contribution in [0.1, 0.15) is 39.5 Å². The van der Waals surface area contributed by atoms with Gasteiger partial charge >= 0.3 is 5.97 Å². The van der Waals surface area contributed by atoms with Crippen LogP contribution >= 0.6 is 0 Å². The molecule has 2 heterocycles. The van der Waals surface area contributed by atoms with E-state index >= 15 is 0 Å². The van der Waals surface area contributed by atoms with Crippen LogP contribution in [0, 0.1) is 0 Å². The molecule has 0 radical (unpaired) electrons. The van der Waals surface area contributed by atoms with E-state index in [0.29, 0.717) is 0 Å². The zero-order valence-electron chi connectivity index (χ0n) is 22.5. The Balaban J connectivity index is 1.28. The number of rotatable bonds is 11. The quantitative estimate of drug-likeness (QED) is 0.201. The van der Waals surface area contributed by atoms with Gasteiger partial charge in [-0.1, -0.05) is 78.9 Å². The fourth-order valence-electron chi connectivity index (χ4n) is 5.77. The molecule has 1 aromatic heterocycles. The molecule has 1 aliphatic heterocycles. The molecule has 40 heavy (non-hydrogen) atoms. The van der Waals surface area contributed by atoms with Gasteiger partial charge in [0.05, 0.1) is 13.0 Å². The second-order valence-electron chi connectivity index (χ2n) is 10.5. The van der Waals surface area contributed by atoms with Crippen molar-refractivity contribution in [2.24, 2.45) is 0 Å². The third-order valence-electron chi connectivity index (χ3n) is 7.74. The molecule has 1 N–H and O–H groups in total. The fraction of sp³-hybridized carbons (Fsp3) is 0.229. The number of aliphatic carboxylic acids is 1. The highest BCUT2D eigenvalue weighted by molar-refractivity contribution is 5.80. The number of nitrogens with zero attached hydrogens (tertiary/aromatic N) is 1. The number of furan rings is 1. The Hall–Kier alpha value is -4.35. The normalized spacial score (nSPS) is 12.7. The summed E-state index contributed by atoms with van der Waals surface area (Å²) in [6.07, 6.45) is 1.71. The average Bonchev–Trinajstić information content (AvgIpc) is 3.62. The Morgan fingerprint density at radius 1 is 0.875 bits per heavy atom. The molecule has 0 atom stereocenters. The first-order valence-electron chi connectivity index (χ1n) is 13.9. The monoisotopic (exact) mass is 531 g/mol. The highest BCUT2D eigenvalue weighted by atomic mass is 16.5. The average molecular weight is 532 g/mol. The first kappa shape index (κ1) is 25.9. The van der Waals surface area contributed by atoms with Crippen molar-refractivity contribution in [3.8, 4) is 5.75 Å². The predicted molar refractivity (Wildman–Crippen MR) is 157 cm³/mol. The van der Waals surface area contributed by atoms with Crippen molar-refractivity contribution in [3.63, 3.8) is 0 Å². The maximum atomic E-state index is 11.2.